The molecule has 0 saturated heterocycles. The monoisotopic (exact) mass is 301 g/mol. The summed E-state index contributed by atoms with van der Waals surface area (Å²) in [5.74, 6) is 0.859. The van der Waals surface area contributed by atoms with Crippen molar-refractivity contribution in [1.82, 2.24) is 5.32 Å². The molecule has 0 heterocycles. The number of nitrogens with one attached hydrogen (secondary N) is 1. The summed E-state index contributed by atoms with van der Waals surface area (Å²) >= 11 is 6.21. The van der Waals surface area contributed by atoms with E-state index in [1.54, 1.807) is 6.08 Å². The summed E-state index contributed by atoms with van der Waals surface area (Å²) in [7, 11) is 0. The highest BCUT2D eigenvalue weighted by molar-refractivity contribution is 6.31. The van der Waals surface area contributed by atoms with Crippen molar-refractivity contribution in [3.05, 3.63) is 77.3 Å². The molecule has 1 N–H and O–H groups in total. The molecule has 0 aliphatic carbocycles. The zero-order chi connectivity index (χ0) is 15.1. The van der Waals surface area contributed by atoms with E-state index in [1.807, 2.05) is 36.4 Å². The van der Waals surface area contributed by atoms with Crippen LogP contribution in [0.1, 0.15) is 24.1 Å². The quantitative estimate of drug-likeness (QED) is 0.745. The molecule has 0 spiro atoms. The van der Waals surface area contributed by atoms with E-state index >= 15 is 0 Å². The predicted molar refractivity (Wildman–Crippen MR) is 88.8 cm³/mol. The lowest BCUT2D eigenvalue weighted by molar-refractivity contribution is 0.363. The fraction of sp³-hybridized carbons (Fsp3) is 0.222. The lowest BCUT2D eigenvalue weighted by Crippen LogP contribution is -2.18. The number of hydrogen-bond acceptors (Lipinski definition) is 2. The van der Waals surface area contributed by atoms with Crippen LogP contribution >= 0.6 is 11.6 Å². The third-order valence-electron chi connectivity index (χ3n) is 3.28. The van der Waals surface area contributed by atoms with E-state index in [1.165, 1.54) is 5.56 Å². The molecule has 1 atom stereocenters. The fourth-order valence-electron chi connectivity index (χ4n) is 2.07. The summed E-state index contributed by atoms with van der Waals surface area (Å²) in [4.78, 5) is 0. The van der Waals surface area contributed by atoms with Crippen LogP contribution in [0.5, 0.6) is 5.75 Å². The van der Waals surface area contributed by atoms with Gasteiger partial charge in [-0.15, -0.1) is 0 Å². The van der Waals surface area contributed by atoms with Gasteiger partial charge in [0.2, 0.25) is 0 Å². The maximum Gasteiger partial charge on any atom is 0.119 e. The summed E-state index contributed by atoms with van der Waals surface area (Å²) in [6.07, 6.45) is 1.74. The second kappa shape index (κ2) is 7.87. The normalized spacial score (nSPS) is 11.9. The minimum atomic E-state index is 0.204. The van der Waals surface area contributed by atoms with Crippen LogP contribution in [-0.2, 0) is 6.54 Å². The molecule has 0 aliphatic heterocycles. The van der Waals surface area contributed by atoms with Crippen molar-refractivity contribution in [2.75, 3.05) is 6.61 Å². The Hall–Kier alpha value is -1.77. The highest BCUT2D eigenvalue weighted by Crippen LogP contribution is 2.22. The highest BCUT2D eigenvalue weighted by atomic mass is 35.5. The van der Waals surface area contributed by atoms with Crippen molar-refractivity contribution in [3.8, 4) is 5.75 Å². The van der Waals surface area contributed by atoms with Crippen molar-refractivity contribution in [1.29, 1.82) is 0 Å². The third kappa shape index (κ3) is 4.62. The first-order chi connectivity index (χ1) is 10.2. The number of hydrogen-bond donors (Lipinski definition) is 1. The topological polar surface area (TPSA) is 21.3 Å². The summed E-state index contributed by atoms with van der Waals surface area (Å²) < 4.78 is 5.46. The zero-order valence-electron chi connectivity index (χ0n) is 12.2. The van der Waals surface area contributed by atoms with Crippen LogP contribution in [0.15, 0.2) is 61.2 Å². The number of benzene rings is 2. The predicted octanol–water partition coefficient (Wildman–Crippen LogP) is 4.76. The first kappa shape index (κ1) is 15.6. The molecule has 2 rings (SSSR count). The molecule has 2 nitrogen and oxygen atoms in total. The second-order valence-corrected chi connectivity index (χ2v) is 5.27. The van der Waals surface area contributed by atoms with Crippen molar-refractivity contribution in [2.24, 2.45) is 0 Å². The Balaban J connectivity index is 1.90. The first-order valence-corrected chi connectivity index (χ1v) is 7.39. The van der Waals surface area contributed by atoms with E-state index in [9.17, 15) is 0 Å². The van der Waals surface area contributed by atoms with Gasteiger partial charge in [0.1, 0.15) is 12.4 Å². The molecule has 0 aromatic heterocycles. The lowest BCUT2D eigenvalue weighted by Gasteiger charge is -2.16. The molecule has 0 fully saturated rings. The Morgan fingerprint density at radius 1 is 1.19 bits per heavy atom. The zero-order valence-corrected chi connectivity index (χ0v) is 12.9. The first-order valence-electron chi connectivity index (χ1n) is 7.01. The molecular weight excluding hydrogens is 282 g/mol. The minimum Gasteiger partial charge on any atom is -0.490 e. The van der Waals surface area contributed by atoms with Gasteiger partial charge in [0.25, 0.3) is 0 Å². The van der Waals surface area contributed by atoms with Crippen LogP contribution in [0.25, 0.3) is 0 Å². The molecule has 21 heavy (non-hydrogen) atoms. The van der Waals surface area contributed by atoms with Crippen molar-refractivity contribution >= 4 is 11.6 Å². The van der Waals surface area contributed by atoms with Gasteiger partial charge in [0.05, 0.1) is 0 Å². The standard InChI is InChI=1S/C18H20ClNO/c1-3-12-21-16-10-8-15(9-11-16)13-20-14(2)17-6-4-5-7-18(17)19/h3-11,14,20H,1,12-13H2,2H3/t14-/m0/s1. The molecule has 0 bridgehead atoms. The van der Waals surface area contributed by atoms with Gasteiger partial charge < -0.3 is 10.1 Å². The molecule has 0 radical (unpaired) electrons. The van der Waals surface area contributed by atoms with Crippen molar-refractivity contribution < 1.29 is 4.74 Å². The highest BCUT2D eigenvalue weighted by Gasteiger charge is 2.08. The summed E-state index contributed by atoms with van der Waals surface area (Å²) in [6, 6.07) is 16.2. The molecule has 0 unspecified atom stereocenters. The number of ether oxygens (including phenoxy) is 1. The Kier molecular flexibility index (Phi) is 5.85. The van der Waals surface area contributed by atoms with Crippen LogP contribution in [0.4, 0.5) is 0 Å². The van der Waals surface area contributed by atoms with Crippen LogP contribution < -0.4 is 10.1 Å². The van der Waals surface area contributed by atoms with Crippen molar-refractivity contribution in [2.45, 2.75) is 19.5 Å². The molecule has 110 valence electrons. The molecule has 0 aliphatic rings. The van der Waals surface area contributed by atoms with Crippen LogP contribution in [0.3, 0.4) is 0 Å². The van der Waals surface area contributed by atoms with Crippen LogP contribution in [0.2, 0.25) is 5.02 Å². The Bertz CT molecular complexity index is 580. The third-order valence-corrected chi connectivity index (χ3v) is 3.62. The largest absolute Gasteiger partial charge is 0.490 e. The number of rotatable bonds is 7. The van der Waals surface area contributed by atoms with Gasteiger partial charge in [0, 0.05) is 17.6 Å². The molecule has 0 amide bonds. The molecular formula is C18H20ClNO. The maximum atomic E-state index is 6.21. The average molecular weight is 302 g/mol. The van der Waals surface area contributed by atoms with Gasteiger partial charge in [0.15, 0.2) is 0 Å². The fourth-order valence-corrected chi connectivity index (χ4v) is 2.37. The molecule has 2 aromatic carbocycles. The van der Waals surface area contributed by atoms with E-state index < -0.39 is 0 Å². The van der Waals surface area contributed by atoms with E-state index in [-0.39, 0.29) is 6.04 Å². The van der Waals surface area contributed by atoms with Crippen LogP contribution in [0, 0.1) is 0 Å². The second-order valence-electron chi connectivity index (χ2n) is 4.87. The molecule has 3 heteroatoms. The summed E-state index contributed by atoms with van der Waals surface area (Å²) in [5, 5.41) is 4.27. The van der Waals surface area contributed by atoms with E-state index in [4.69, 9.17) is 16.3 Å². The van der Waals surface area contributed by atoms with E-state index in [0.717, 1.165) is 22.9 Å². The molecule has 2 aromatic rings. The summed E-state index contributed by atoms with van der Waals surface area (Å²) in [5.41, 5.74) is 2.32. The van der Waals surface area contributed by atoms with Gasteiger partial charge in [-0.05, 0) is 36.2 Å². The van der Waals surface area contributed by atoms with Gasteiger partial charge in [-0.3, -0.25) is 0 Å². The lowest BCUT2D eigenvalue weighted by atomic mass is 10.1. The molecule has 0 saturated carbocycles. The minimum absolute atomic E-state index is 0.204. The van der Waals surface area contributed by atoms with Crippen molar-refractivity contribution in [3.63, 3.8) is 0 Å². The number of halogens is 1. The Morgan fingerprint density at radius 2 is 1.90 bits per heavy atom. The summed E-state index contributed by atoms with van der Waals surface area (Å²) in [6.45, 7) is 7.06. The van der Waals surface area contributed by atoms with Gasteiger partial charge in [-0.2, -0.15) is 0 Å². The van der Waals surface area contributed by atoms with Gasteiger partial charge >= 0.3 is 0 Å². The van der Waals surface area contributed by atoms with Gasteiger partial charge in [-0.25, -0.2) is 0 Å². The van der Waals surface area contributed by atoms with Crippen LogP contribution in [-0.4, -0.2) is 6.61 Å². The van der Waals surface area contributed by atoms with E-state index in [2.05, 4.69) is 31.0 Å². The smallest absolute Gasteiger partial charge is 0.119 e. The Labute approximate surface area is 131 Å². The van der Waals surface area contributed by atoms with E-state index in [0.29, 0.717) is 6.61 Å². The average Bonchev–Trinajstić information content (AvgIpc) is 2.52. The SMILES string of the molecule is C=CCOc1ccc(CN[C@@H](C)c2ccccc2Cl)cc1. The van der Waals surface area contributed by atoms with Gasteiger partial charge in [-0.1, -0.05) is 54.6 Å². The Morgan fingerprint density at radius 3 is 2.57 bits per heavy atom. The maximum absolute atomic E-state index is 6.21.